The highest BCUT2D eigenvalue weighted by molar-refractivity contribution is 7.47. The lowest BCUT2D eigenvalue weighted by Gasteiger charge is -2.20. The Bertz CT molecular complexity index is 1060. The van der Waals surface area contributed by atoms with Crippen LogP contribution < -0.4 is 5.73 Å². The number of aliphatic hydroxyl groups excluding tert-OH is 2. The van der Waals surface area contributed by atoms with Gasteiger partial charge in [0, 0.05) is 19.4 Å². The van der Waals surface area contributed by atoms with E-state index >= 15 is 0 Å². The summed E-state index contributed by atoms with van der Waals surface area (Å²) in [5.41, 5.74) is 5.31. The highest BCUT2D eigenvalue weighted by Crippen LogP contribution is 2.43. The first kappa shape index (κ1) is 48.6. The standard InChI is InChI=1S/C39H68NO10P/c1-3-5-7-8-9-10-11-12-16-19-23-29-38(43)47-33-37(34-49-51(45,46)48-32-31-40)50-39(44)30-24-28-36(42)27-22-18-15-13-14-17-21-26-35(41)25-20-6-4-2/h8-9,14-15,17-18,21-22,26-27,35-37,41-42H,3-7,10-13,16,19-20,23-25,28-34,40H2,1-2H3,(H,45,46)/b9-8-,17-14-,18-15-,26-21+,27-22+/t35-,36-,37-/m1/s1. The van der Waals surface area contributed by atoms with E-state index in [4.69, 9.17) is 24.3 Å². The van der Waals surface area contributed by atoms with E-state index in [0.29, 0.717) is 25.7 Å². The molecule has 0 radical (unpaired) electrons. The van der Waals surface area contributed by atoms with Gasteiger partial charge in [0.05, 0.1) is 25.4 Å². The fourth-order valence-corrected chi connectivity index (χ4v) is 5.42. The number of rotatable bonds is 34. The van der Waals surface area contributed by atoms with Gasteiger partial charge in [-0.1, -0.05) is 126 Å². The maximum atomic E-state index is 12.5. The molecule has 0 fully saturated rings. The number of allylic oxidation sites excluding steroid dienone is 8. The number of hydrogen-bond acceptors (Lipinski definition) is 10. The first-order chi connectivity index (χ1) is 24.6. The van der Waals surface area contributed by atoms with Gasteiger partial charge in [-0.05, 0) is 51.4 Å². The van der Waals surface area contributed by atoms with Gasteiger partial charge in [-0.15, -0.1) is 0 Å². The molecule has 0 amide bonds. The lowest BCUT2D eigenvalue weighted by molar-refractivity contribution is -0.161. The van der Waals surface area contributed by atoms with Crippen LogP contribution in [0.15, 0.2) is 60.8 Å². The van der Waals surface area contributed by atoms with Crippen LogP contribution in [0.25, 0.3) is 0 Å². The molecule has 4 atom stereocenters. The van der Waals surface area contributed by atoms with Gasteiger partial charge in [0.2, 0.25) is 0 Å². The molecule has 0 spiro atoms. The largest absolute Gasteiger partial charge is 0.472 e. The fraction of sp³-hybridized carbons (Fsp3) is 0.692. The summed E-state index contributed by atoms with van der Waals surface area (Å²) >= 11 is 0. The van der Waals surface area contributed by atoms with Crippen LogP contribution in [0.4, 0.5) is 0 Å². The van der Waals surface area contributed by atoms with Crippen LogP contribution in [0.3, 0.4) is 0 Å². The van der Waals surface area contributed by atoms with Crippen LogP contribution in [-0.2, 0) is 32.7 Å². The van der Waals surface area contributed by atoms with Crippen molar-refractivity contribution >= 4 is 19.8 Å². The molecule has 294 valence electrons. The van der Waals surface area contributed by atoms with E-state index in [2.05, 4.69) is 26.0 Å². The van der Waals surface area contributed by atoms with Gasteiger partial charge < -0.3 is 30.3 Å². The van der Waals surface area contributed by atoms with Crippen LogP contribution in [0.5, 0.6) is 0 Å². The van der Waals surface area contributed by atoms with Crippen molar-refractivity contribution in [1.29, 1.82) is 0 Å². The van der Waals surface area contributed by atoms with E-state index < -0.39 is 44.7 Å². The zero-order chi connectivity index (χ0) is 37.8. The molecule has 0 rings (SSSR count). The third-order valence-corrected chi connectivity index (χ3v) is 8.57. The highest BCUT2D eigenvalue weighted by Gasteiger charge is 2.26. The molecule has 0 aliphatic heterocycles. The molecule has 0 aliphatic carbocycles. The lowest BCUT2D eigenvalue weighted by atomic mass is 10.1. The Hall–Kier alpha value is -2.37. The number of phosphoric ester groups is 1. The number of carbonyl (C=O) groups is 2. The molecule has 51 heavy (non-hydrogen) atoms. The van der Waals surface area contributed by atoms with Crippen molar-refractivity contribution in [1.82, 2.24) is 0 Å². The molecule has 0 bridgehead atoms. The number of phosphoric acid groups is 1. The number of hydrogen-bond donors (Lipinski definition) is 4. The minimum atomic E-state index is -4.44. The Morgan fingerprint density at radius 3 is 1.92 bits per heavy atom. The minimum Gasteiger partial charge on any atom is -0.462 e. The molecule has 0 saturated carbocycles. The van der Waals surface area contributed by atoms with Crippen molar-refractivity contribution in [3.05, 3.63) is 60.8 Å². The van der Waals surface area contributed by atoms with Gasteiger partial charge in [-0.2, -0.15) is 0 Å². The SMILES string of the molecule is CCCC/C=C\CCCCCCCC(=O)OC[C@H](COP(=O)(O)OCCN)OC(=O)CCC[C@H](O)/C=C/C=C\C/C=C\C=C\[C@H](O)CCCCC. The second-order valence-corrected chi connectivity index (χ2v) is 13.9. The van der Waals surface area contributed by atoms with Crippen molar-refractivity contribution in [3.8, 4) is 0 Å². The predicted octanol–water partition coefficient (Wildman–Crippen LogP) is 8.10. The summed E-state index contributed by atoms with van der Waals surface area (Å²) in [6, 6.07) is 0. The molecule has 0 heterocycles. The van der Waals surface area contributed by atoms with Gasteiger partial charge >= 0.3 is 19.8 Å². The number of nitrogens with two attached hydrogens (primary N) is 1. The van der Waals surface area contributed by atoms with Crippen molar-refractivity contribution < 1.29 is 47.8 Å². The van der Waals surface area contributed by atoms with Gasteiger partial charge in [-0.25, -0.2) is 4.57 Å². The molecule has 5 N–H and O–H groups in total. The van der Waals surface area contributed by atoms with E-state index in [1.54, 1.807) is 18.2 Å². The summed E-state index contributed by atoms with van der Waals surface area (Å²) in [5, 5.41) is 20.1. The molecule has 0 aromatic rings. The molecular weight excluding hydrogens is 673 g/mol. The number of ether oxygens (including phenoxy) is 2. The Kier molecular flexibility index (Phi) is 33.1. The molecule has 1 unspecified atom stereocenters. The van der Waals surface area contributed by atoms with Crippen molar-refractivity contribution in [2.45, 2.75) is 148 Å². The van der Waals surface area contributed by atoms with Crippen LogP contribution in [0, 0.1) is 0 Å². The molecule has 0 aliphatic rings. The Labute approximate surface area is 307 Å². The van der Waals surface area contributed by atoms with Gasteiger partial charge in [0.1, 0.15) is 6.61 Å². The fourth-order valence-electron chi connectivity index (χ4n) is 4.65. The smallest absolute Gasteiger partial charge is 0.462 e. The number of carbonyl (C=O) groups excluding carboxylic acids is 2. The number of aliphatic hydroxyl groups is 2. The summed E-state index contributed by atoms with van der Waals surface area (Å²) in [6.07, 6.45) is 31.9. The number of esters is 2. The third-order valence-electron chi connectivity index (χ3n) is 7.58. The van der Waals surface area contributed by atoms with Crippen LogP contribution >= 0.6 is 7.82 Å². The Morgan fingerprint density at radius 2 is 1.27 bits per heavy atom. The lowest BCUT2D eigenvalue weighted by Crippen LogP contribution is -2.29. The van der Waals surface area contributed by atoms with Crippen molar-refractivity contribution in [2.75, 3.05) is 26.4 Å². The zero-order valence-corrected chi connectivity index (χ0v) is 32.2. The first-order valence-electron chi connectivity index (χ1n) is 19.0. The van der Waals surface area contributed by atoms with E-state index in [1.165, 1.54) is 12.8 Å². The second-order valence-electron chi connectivity index (χ2n) is 12.5. The monoisotopic (exact) mass is 741 g/mol. The van der Waals surface area contributed by atoms with Crippen molar-refractivity contribution in [2.24, 2.45) is 5.73 Å². The quantitative estimate of drug-likeness (QED) is 0.0165. The van der Waals surface area contributed by atoms with Crippen LogP contribution in [-0.4, -0.2) is 71.7 Å². The molecule has 0 saturated heterocycles. The van der Waals surface area contributed by atoms with Gasteiger partial charge in [-0.3, -0.25) is 18.6 Å². The summed E-state index contributed by atoms with van der Waals surface area (Å²) in [7, 11) is -4.44. The molecular formula is C39H68NO10P. The Morgan fingerprint density at radius 1 is 0.686 bits per heavy atom. The summed E-state index contributed by atoms with van der Waals surface area (Å²) in [4.78, 5) is 34.7. The van der Waals surface area contributed by atoms with Gasteiger partial charge in [0.15, 0.2) is 6.10 Å². The topological polar surface area (TPSA) is 175 Å². The molecule has 0 aromatic carbocycles. The van der Waals surface area contributed by atoms with Crippen molar-refractivity contribution in [3.63, 3.8) is 0 Å². The average Bonchev–Trinajstić information content (AvgIpc) is 3.10. The van der Waals surface area contributed by atoms with Crippen LogP contribution in [0.2, 0.25) is 0 Å². The first-order valence-corrected chi connectivity index (χ1v) is 20.5. The summed E-state index contributed by atoms with van der Waals surface area (Å²) in [6.45, 7) is 3.28. The van der Waals surface area contributed by atoms with E-state index in [-0.39, 0.29) is 32.6 Å². The van der Waals surface area contributed by atoms with E-state index in [0.717, 1.165) is 64.2 Å². The minimum absolute atomic E-state index is 0.0122. The predicted molar refractivity (Wildman–Crippen MR) is 204 cm³/mol. The molecule has 12 heteroatoms. The third kappa shape index (κ3) is 34.5. The average molecular weight is 742 g/mol. The second kappa shape index (κ2) is 34.7. The summed E-state index contributed by atoms with van der Waals surface area (Å²) in [5.74, 6) is -1.08. The summed E-state index contributed by atoms with van der Waals surface area (Å²) < 4.78 is 32.4. The zero-order valence-electron chi connectivity index (χ0n) is 31.3. The molecule has 11 nitrogen and oxygen atoms in total. The maximum absolute atomic E-state index is 12.5. The number of unbranched alkanes of at least 4 members (excludes halogenated alkanes) is 9. The van der Waals surface area contributed by atoms with Crippen LogP contribution in [0.1, 0.15) is 129 Å². The molecule has 0 aromatic heterocycles. The van der Waals surface area contributed by atoms with E-state index in [9.17, 15) is 29.3 Å². The van der Waals surface area contributed by atoms with E-state index in [1.807, 2.05) is 30.4 Å². The highest BCUT2D eigenvalue weighted by atomic mass is 31.2. The normalized spacial score (nSPS) is 15.3. The van der Waals surface area contributed by atoms with Gasteiger partial charge in [0.25, 0.3) is 0 Å². The maximum Gasteiger partial charge on any atom is 0.472 e. The Balaban J connectivity index is 4.52.